The van der Waals surface area contributed by atoms with Crippen LogP contribution in [0.1, 0.15) is 12.8 Å². The summed E-state index contributed by atoms with van der Waals surface area (Å²) in [6.45, 7) is 1.48. The zero-order valence-electron chi connectivity index (χ0n) is 7.69. The molecule has 0 saturated carbocycles. The highest BCUT2D eigenvalue weighted by molar-refractivity contribution is 6.18. The standard InChI is InChI=1S/C7H12ClN3O3/c8-3-6-11(9-13)7(12)14-10-4-1-2-5-10/h1-6H2. The Labute approximate surface area is 86.6 Å². The summed E-state index contributed by atoms with van der Waals surface area (Å²) in [5.74, 6) is 0.154. The zero-order chi connectivity index (χ0) is 10.4. The molecule has 0 unspecified atom stereocenters. The third-order valence-corrected chi connectivity index (χ3v) is 2.05. The summed E-state index contributed by atoms with van der Waals surface area (Å²) in [6.07, 6.45) is 1.23. The topological polar surface area (TPSA) is 62.2 Å². The molecule has 14 heavy (non-hydrogen) atoms. The van der Waals surface area contributed by atoms with Gasteiger partial charge >= 0.3 is 6.09 Å². The van der Waals surface area contributed by atoms with Crippen molar-refractivity contribution in [2.24, 2.45) is 5.29 Å². The maximum atomic E-state index is 11.2. The Kier molecular flexibility index (Phi) is 4.61. The number of hydrogen-bond donors (Lipinski definition) is 0. The van der Waals surface area contributed by atoms with Crippen LogP contribution < -0.4 is 0 Å². The summed E-state index contributed by atoms with van der Waals surface area (Å²) in [6, 6.07) is 0. The molecule has 6 nitrogen and oxygen atoms in total. The minimum absolute atomic E-state index is 0.0672. The van der Waals surface area contributed by atoms with Crippen LogP contribution in [0.25, 0.3) is 0 Å². The number of alkyl halides is 1. The lowest BCUT2D eigenvalue weighted by Gasteiger charge is -2.17. The molecule has 0 aromatic heterocycles. The van der Waals surface area contributed by atoms with Crippen LogP contribution in [0.3, 0.4) is 0 Å². The highest BCUT2D eigenvalue weighted by Gasteiger charge is 2.21. The van der Waals surface area contributed by atoms with E-state index in [9.17, 15) is 9.70 Å². The summed E-state index contributed by atoms with van der Waals surface area (Å²) >= 11 is 5.37. The van der Waals surface area contributed by atoms with Gasteiger partial charge in [0.1, 0.15) is 0 Å². The van der Waals surface area contributed by atoms with E-state index in [1.54, 1.807) is 0 Å². The van der Waals surface area contributed by atoms with Crippen LogP contribution >= 0.6 is 11.6 Å². The average Bonchev–Trinajstić information content (AvgIpc) is 2.66. The Morgan fingerprint density at radius 2 is 2.14 bits per heavy atom. The van der Waals surface area contributed by atoms with Gasteiger partial charge in [0.15, 0.2) is 0 Å². The van der Waals surface area contributed by atoms with Crippen LogP contribution in [0.2, 0.25) is 0 Å². The lowest BCUT2D eigenvalue weighted by molar-refractivity contribution is -0.0943. The SMILES string of the molecule is O=NN(CCCl)C(=O)ON1CCCC1. The Morgan fingerprint density at radius 3 is 2.64 bits per heavy atom. The maximum absolute atomic E-state index is 11.2. The molecule has 0 aromatic rings. The molecule has 80 valence electrons. The minimum Gasteiger partial charge on any atom is -0.350 e. The number of nitrogens with zero attached hydrogens (tertiary/aromatic N) is 3. The molecule has 0 atom stereocenters. The third kappa shape index (κ3) is 3.12. The normalized spacial score (nSPS) is 16.6. The molecular formula is C7H12ClN3O3. The molecular weight excluding hydrogens is 210 g/mol. The number of hydrogen-bond acceptors (Lipinski definition) is 5. The molecule has 7 heteroatoms. The summed E-state index contributed by atoms with van der Waals surface area (Å²) in [7, 11) is 0. The molecule has 1 aliphatic rings. The van der Waals surface area contributed by atoms with Gasteiger partial charge in [-0.15, -0.1) is 21.6 Å². The van der Waals surface area contributed by atoms with Crippen molar-refractivity contribution >= 4 is 17.7 Å². The first-order chi connectivity index (χ1) is 6.77. The molecule has 1 fully saturated rings. The summed E-state index contributed by atoms with van der Waals surface area (Å²) in [5, 5.41) is 4.71. The van der Waals surface area contributed by atoms with E-state index in [1.807, 2.05) is 0 Å². The second-order valence-corrected chi connectivity index (χ2v) is 3.27. The number of halogens is 1. The van der Waals surface area contributed by atoms with Crippen LogP contribution in [0.15, 0.2) is 5.29 Å². The monoisotopic (exact) mass is 221 g/mol. The fourth-order valence-electron chi connectivity index (χ4n) is 1.18. The van der Waals surface area contributed by atoms with Gasteiger partial charge in [0.05, 0.1) is 11.8 Å². The fourth-order valence-corrected chi connectivity index (χ4v) is 1.34. The van der Waals surface area contributed by atoms with Crippen molar-refractivity contribution in [2.75, 3.05) is 25.5 Å². The predicted molar refractivity (Wildman–Crippen MR) is 50.5 cm³/mol. The summed E-state index contributed by atoms with van der Waals surface area (Å²) in [4.78, 5) is 26.3. The number of hydroxylamine groups is 2. The molecule has 0 N–H and O–H groups in total. The Balaban J connectivity index is 2.34. The molecule has 1 saturated heterocycles. The Hall–Kier alpha value is -0.880. The van der Waals surface area contributed by atoms with Crippen molar-refractivity contribution in [3.05, 3.63) is 4.91 Å². The van der Waals surface area contributed by atoms with Crippen LogP contribution in [0.4, 0.5) is 4.79 Å². The van der Waals surface area contributed by atoms with Gasteiger partial charge in [-0.1, -0.05) is 0 Å². The Bertz CT molecular complexity index is 208. The van der Waals surface area contributed by atoms with Crippen molar-refractivity contribution in [2.45, 2.75) is 12.8 Å². The second kappa shape index (κ2) is 5.77. The molecule has 0 spiro atoms. The van der Waals surface area contributed by atoms with Crippen molar-refractivity contribution < 1.29 is 9.63 Å². The smallest absolute Gasteiger partial charge is 0.350 e. The van der Waals surface area contributed by atoms with E-state index >= 15 is 0 Å². The van der Waals surface area contributed by atoms with Gasteiger partial charge in [0.2, 0.25) is 0 Å². The van der Waals surface area contributed by atoms with E-state index in [-0.39, 0.29) is 12.4 Å². The van der Waals surface area contributed by atoms with E-state index < -0.39 is 6.09 Å². The maximum Gasteiger partial charge on any atom is 0.452 e. The highest BCUT2D eigenvalue weighted by Crippen LogP contribution is 2.09. The van der Waals surface area contributed by atoms with E-state index in [0.717, 1.165) is 12.8 Å². The van der Waals surface area contributed by atoms with Crippen LogP contribution in [-0.2, 0) is 4.84 Å². The first-order valence-electron chi connectivity index (χ1n) is 4.41. The first-order valence-corrected chi connectivity index (χ1v) is 4.95. The van der Waals surface area contributed by atoms with Crippen molar-refractivity contribution in [1.29, 1.82) is 0 Å². The van der Waals surface area contributed by atoms with Gasteiger partial charge in [-0.05, 0) is 12.8 Å². The van der Waals surface area contributed by atoms with Crippen molar-refractivity contribution in [3.8, 4) is 0 Å². The van der Waals surface area contributed by atoms with Gasteiger partial charge in [-0.25, -0.2) is 4.79 Å². The second-order valence-electron chi connectivity index (χ2n) is 2.89. The van der Waals surface area contributed by atoms with Crippen LogP contribution in [0.5, 0.6) is 0 Å². The lowest BCUT2D eigenvalue weighted by atomic mass is 10.4. The van der Waals surface area contributed by atoms with E-state index in [1.165, 1.54) is 5.06 Å². The van der Waals surface area contributed by atoms with Crippen molar-refractivity contribution in [1.82, 2.24) is 10.1 Å². The fraction of sp³-hybridized carbons (Fsp3) is 0.857. The van der Waals surface area contributed by atoms with Crippen molar-refractivity contribution in [3.63, 3.8) is 0 Å². The largest absolute Gasteiger partial charge is 0.452 e. The molecule has 0 bridgehead atoms. The number of nitroso groups, excluding NO2 is 1. The minimum atomic E-state index is -0.762. The number of rotatable bonds is 4. The lowest BCUT2D eigenvalue weighted by Crippen LogP contribution is -2.34. The van der Waals surface area contributed by atoms with Crippen LogP contribution in [0, 0.1) is 4.91 Å². The van der Waals surface area contributed by atoms with E-state index in [2.05, 4.69) is 5.29 Å². The van der Waals surface area contributed by atoms with Gasteiger partial charge < -0.3 is 4.84 Å². The van der Waals surface area contributed by atoms with Gasteiger partial charge in [-0.2, -0.15) is 5.01 Å². The molecule has 0 aliphatic carbocycles. The zero-order valence-corrected chi connectivity index (χ0v) is 8.44. The molecule has 0 aromatic carbocycles. The third-order valence-electron chi connectivity index (χ3n) is 1.88. The number of carbonyl (C=O) groups is 1. The first kappa shape index (κ1) is 11.2. The highest BCUT2D eigenvalue weighted by atomic mass is 35.5. The average molecular weight is 222 g/mol. The van der Waals surface area contributed by atoms with Gasteiger partial charge in [-0.3, -0.25) is 0 Å². The Morgan fingerprint density at radius 1 is 1.50 bits per heavy atom. The van der Waals surface area contributed by atoms with Gasteiger partial charge in [0.25, 0.3) is 0 Å². The summed E-state index contributed by atoms with van der Waals surface area (Å²) in [5.41, 5.74) is 0. The predicted octanol–water partition coefficient (Wildman–Crippen LogP) is 1.36. The number of amides is 1. The molecule has 1 aliphatic heterocycles. The van der Waals surface area contributed by atoms with Gasteiger partial charge in [0, 0.05) is 19.0 Å². The molecule has 1 amide bonds. The quantitative estimate of drug-likeness (QED) is 0.409. The van der Waals surface area contributed by atoms with E-state index in [0.29, 0.717) is 18.1 Å². The summed E-state index contributed by atoms with van der Waals surface area (Å²) < 4.78 is 0. The molecule has 1 heterocycles. The van der Waals surface area contributed by atoms with Crippen LogP contribution in [-0.4, -0.2) is 41.7 Å². The number of carbonyl (C=O) groups excluding carboxylic acids is 1. The molecule has 1 rings (SSSR count). The molecule has 0 radical (unpaired) electrons. The van der Waals surface area contributed by atoms with E-state index in [4.69, 9.17) is 16.4 Å².